The summed E-state index contributed by atoms with van der Waals surface area (Å²) >= 11 is 5.09. The molecule has 1 rings (SSSR count). The van der Waals surface area contributed by atoms with E-state index in [1.165, 1.54) is 0 Å². The summed E-state index contributed by atoms with van der Waals surface area (Å²) < 4.78 is 0.561. The Bertz CT molecular complexity index is 381. The van der Waals surface area contributed by atoms with Crippen molar-refractivity contribution < 1.29 is 4.79 Å². The van der Waals surface area contributed by atoms with Crippen molar-refractivity contribution in [1.82, 2.24) is 4.98 Å². The predicted octanol–water partition coefficient (Wildman–Crippen LogP) is 3.43. The van der Waals surface area contributed by atoms with E-state index in [1.807, 2.05) is 19.1 Å². The van der Waals surface area contributed by atoms with Crippen molar-refractivity contribution >= 4 is 18.0 Å². The molecule has 0 atom stereocenters. The lowest BCUT2D eigenvalue weighted by Crippen LogP contribution is -2.01. The zero-order chi connectivity index (χ0) is 10.6. The van der Waals surface area contributed by atoms with Crippen LogP contribution in [0.3, 0.4) is 0 Å². The molecule has 2 nitrogen and oxygen atoms in total. The standard InChI is InChI=1S/C11H15NOS/c1-3-4-5-10(13)9-7-6-8(2)12-11(9)14/h6-7H,3-5H2,1-2H3,(H,12,14). The van der Waals surface area contributed by atoms with Gasteiger partial charge >= 0.3 is 0 Å². The highest BCUT2D eigenvalue weighted by Gasteiger charge is 2.06. The Morgan fingerprint density at radius 3 is 2.79 bits per heavy atom. The number of pyridine rings is 1. The van der Waals surface area contributed by atoms with Crippen LogP contribution in [0.4, 0.5) is 0 Å². The van der Waals surface area contributed by atoms with Crippen molar-refractivity contribution in [3.05, 3.63) is 28.0 Å². The van der Waals surface area contributed by atoms with Gasteiger partial charge in [0.2, 0.25) is 0 Å². The maximum absolute atomic E-state index is 11.6. The molecule has 0 saturated heterocycles. The first-order valence-corrected chi connectivity index (χ1v) is 5.29. The Hall–Kier alpha value is -0.960. The number of aromatic amines is 1. The SMILES string of the molecule is CCCCC(=O)c1ccc(C)[nH]c1=S. The lowest BCUT2D eigenvalue weighted by atomic mass is 10.1. The zero-order valence-electron chi connectivity index (χ0n) is 8.59. The van der Waals surface area contributed by atoms with E-state index in [-0.39, 0.29) is 5.78 Å². The topological polar surface area (TPSA) is 32.9 Å². The van der Waals surface area contributed by atoms with Gasteiger partial charge in [-0.25, -0.2) is 0 Å². The van der Waals surface area contributed by atoms with Crippen molar-refractivity contribution in [3.8, 4) is 0 Å². The minimum Gasteiger partial charge on any atom is -0.350 e. The molecule has 3 heteroatoms. The van der Waals surface area contributed by atoms with Crippen LogP contribution < -0.4 is 0 Å². The van der Waals surface area contributed by atoms with Crippen molar-refractivity contribution in [2.75, 3.05) is 0 Å². The molecule has 0 amide bonds. The van der Waals surface area contributed by atoms with Gasteiger partial charge in [0.05, 0.1) is 5.56 Å². The number of H-pyrrole nitrogens is 1. The molecule has 0 saturated carbocycles. The number of rotatable bonds is 4. The van der Waals surface area contributed by atoms with E-state index in [4.69, 9.17) is 12.2 Å². The summed E-state index contributed by atoms with van der Waals surface area (Å²) in [5.41, 5.74) is 1.64. The molecular weight excluding hydrogens is 194 g/mol. The highest BCUT2D eigenvalue weighted by atomic mass is 32.1. The molecular formula is C11H15NOS. The first-order valence-electron chi connectivity index (χ1n) is 4.88. The van der Waals surface area contributed by atoms with E-state index in [2.05, 4.69) is 11.9 Å². The third-order valence-corrected chi connectivity index (χ3v) is 2.44. The molecule has 0 aliphatic heterocycles. The Balaban J connectivity index is 2.85. The van der Waals surface area contributed by atoms with Gasteiger partial charge in [0.15, 0.2) is 5.78 Å². The van der Waals surface area contributed by atoms with Crippen molar-refractivity contribution in [2.24, 2.45) is 0 Å². The van der Waals surface area contributed by atoms with E-state index in [0.717, 1.165) is 18.5 Å². The number of ketones is 1. The van der Waals surface area contributed by atoms with Gasteiger partial charge in [0, 0.05) is 12.1 Å². The highest BCUT2D eigenvalue weighted by molar-refractivity contribution is 7.71. The number of aryl methyl sites for hydroxylation is 1. The van der Waals surface area contributed by atoms with Gasteiger partial charge in [-0.05, 0) is 25.5 Å². The van der Waals surface area contributed by atoms with E-state index >= 15 is 0 Å². The quantitative estimate of drug-likeness (QED) is 0.608. The normalized spacial score (nSPS) is 10.1. The van der Waals surface area contributed by atoms with Gasteiger partial charge in [-0.3, -0.25) is 4.79 Å². The van der Waals surface area contributed by atoms with Gasteiger partial charge in [0.1, 0.15) is 4.64 Å². The van der Waals surface area contributed by atoms with Gasteiger partial charge in [-0.15, -0.1) is 0 Å². The summed E-state index contributed by atoms with van der Waals surface area (Å²) in [7, 11) is 0. The van der Waals surface area contributed by atoms with Gasteiger partial charge < -0.3 is 4.98 Å². The van der Waals surface area contributed by atoms with Crippen molar-refractivity contribution in [1.29, 1.82) is 0 Å². The smallest absolute Gasteiger partial charge is 0.165 e. The molecule has 14 heavy (non-hydrogen) atoms. The number of Topliss-reactive ketones (excluding diaryl/α,β-unsaturated/α-hetero) is 1. The Morgan fingerprint density at radius 2 is 2.21 bits per heavy atom. The minimum atomic E-state index is 0.146. The molecule has 0 spiro atoms. The number of aromatic nitrogens is 1. The molecule has 1 aromatic heterocycles. The fourth-order valence-electron chi connectivity index (χ4n) is 1.26. The molecule has 1 heterocycles. The number of carbonyl (C=O) groups is 1. The second-order valence-corrected chi connectivity index (χ2v) is 3.82. The molecule has 0 radical (unpaired) electrons. The zero-order valence-corrected chi connectivity index (χ0v) is 9.41. The summed E-state index contributed by atoms with van der Waals surface area (Å²) in [5, 5.41) is 0. The molecule has 0 aromatic carbocycles. The summed E-state index contributed by atoms with van der Waals surface area (Å²) in [4.78, 5) is 14.6. The van der Waals surface area contributed by atoms with Crippen LogP contribution in [0.5, 0.6) is 0 Å². The molecule has 0 aliphatic carbocycles. The summed E-state index contributed by atoms with van der Waals surface area (Å²) in [6.45, 7) is 4.00. The lowest BCUT2D eigenvalue weighted by Gasteiger charge is -2.01. The average molecular weight is 209 g/mol. The number of hydrogen-bond donors (Lipinski definition) is 1. The molecule has 0 bridgehead atoms. The number of unbranched alkanes of at least 4 members (excludes halogenated alkanes) is 1. The van der Waals surface area contributed by atoms with Gasteiger partial charge in [-0.1, -0.05) is 25.6 Å². The van der Waals surface area contributed by atoms with Crippen LogP contribution >= 0.6 is 12.2 Å². The third-order valence-electron chi connectivity index (χ3n) is 2.11. The summed E-state index contributed by atoms with van der Waals surface area (Å²) in [6.07, 6.45) is 2.56. The molecule has 0 aliphatic rings. The Labute approximate surface area is 89.4 Å². The molecule has 1 aromatic rings. The Kier molecular flexibility index (Phi) is 4.01. The monoisotopic (exact) mass is 209 g/mol. The largest absolute Gasteiger partial charge is 0.350 e. The lowest BCUT2D eigenvalue weighted by molar-refractivity contribution is 0.0979. The number of hydrogen-bond acceptors (Lipinski definition) is 2. The maximum atomic E-state index is 11.6. The van der Waals surface area contributed by atoms with Crippen molar-refractivity contribution in [3.63, 3.8) is 0 Å². The van der Waals surface area contributed by atoms with Crippen LogP contribution in [0.2, 0.25) is 0 Å². The Morgan fingerprint density at radius 1 is 1.50 bits per heavy atom. The fraction of sp³-hybridized carbons (Fsp3) is 0.455. The summed E-state index contributed by atoms with van der Waals surface area (Å²) in [6, 6.07) is 3.70. The first kappa shape index (κ1) is 11.1. The van der Waals surface area contributed by atoms with E-state index < -0.39 is 0 Å². The van der Waals surface area contributed by atoms with Crippen LogP contribution in [0.25, 0.3) is 0 Å². The van der Waals surface area contributed by atoms with Crippen LogP contribution in [0.15, 0.2) is 12.1 Å². The molecule has 1 N–H and O–H groups in total. The average Bonchev–Trinajstić information content (AvgIpc) is 2.14. The predicted molar refractivity (Wildman–Crippen MR) is 60.2 cm³/mol. The van der Waals surface area contributed by atoms with Crippen LogP contribution in [0, 0.1) is 11.6 Å². The van der Waals surface area contributed by atoms with Gasteiger partial charge in [0.25, 0.3) is 0 Å². The van der Waals surface area contributed by atoms with E-state index in [1.54, 1.807) is 0 Å². The second kappa shape index (κ2) is 5.05. The summed E-state index contributed by atoms with van der Waals surface area (Å²) in [5.74, 6) is 0.146. The van der Waals surface area contributed by atoms with Crippen LogP contribution in [-0.2, 0) is 0 Å². The van der Waals surface area contributed by atoms with Crippen LogP contribution in [-0.4, -0.2) is 10.8 Å². The number of nitrogens with one attached hydrogen (secondary N) is 1. The fourth-order valence-corrected chi connectivity index (χ4v) is 1.61. The molecule has 0 unspecified atom stereocenters. The first-order chi connectivity index (χ1) is 6.65. The van der Waals surface area contributed by atoms with E-state index in [0.29, 0.717) is 16.6 Å². The second-order valence-electron chi connectivity index (χ2n) is 3.41. The van der Waals surface area contributed by atoms with Crippen LogP contribution in [0.1, 0.15) is 42.2 Å². The van der Waals surface area contributed by atoms with Gasteiger partial charge in [-0.2, -0.15) is 0 Å². The minimum absolute atomic E-state index is 0.146. The van der Waals surface area contributed by atoms with Crippen molar-refractivity contribution in [2.45, 2.75) is 33.1 Å². The maximum Gasteiger partial charge on any atom is 0.165 e. The molecule has 0 fully saturated rings. The molecule has 76 valence electrons. The third kappa shape index (κ3) is 2.77. The number of carbonyl (C=O) groups excluding carboxylic acids is 1. The van der Waals surface area contributed by atoms with E-state index in [9.17, 15) is 4.79 Å². The highest BCUT2D eigenvalue weighted by Crippen LogP contribution is 2.08.